The Kier molecular flexibility index (Phi) is 4.07. The molecule has 78 valence electrons. The average molecular weight is 202 g/mol. The summed E-state index contributed by atoms with van der Waals surface area (Å²) in [5, 5.41) is 0.819. The van der Waals surface area contributed by atoms with E-state index in [1.807, 2.05) is 0 Å². The van der Waals surface area contributed by atoms with Crippen LogP contribution in [0.5, 0.6) is 0 Å². The lowest BCUT2D eigenvalue weighted by Crippen LogP contribution is -2.54. The van der Waals surface area contributed by atoms with E-state index in [9.17, 15) is 0 Å². The summed E-state index contributed by atoms with van der Waals surface area (Å²) in [5.41, 5.74) is 5.96. The van der Waals surface area contributed by atoms with E-state index in [1.54, 1.807) is 0 Å². The van der Waals surface area contributed by atoms with E-state index < -0.39 is 0 Å². The third-order valence-corrected chi connectivity index (χ3v) is 4.32. The highest BCUT2D eigenvalue weighted by Crippen LogP contribution is 2.25. The van der Waals surface area contributed by atoms with Gasteiger partial charge in [-0.05, 0) is 20.3 Å². The van der Waals surface area contributed by atoms with Crippen LogP contribution >= 0.6 is 11.8 Å². The van der Waals surface area contributed by atoms with Gasteiger partial charge in [0, 0.05) is 36.2 Å². The topological polar surface area (TPSA) is 29.3 Å². The van der Waals surface area contributed by atoms with E-state index in [0.29, 0.717) is 0 Å². The van der Waals surface area contributed by atoms with Crippen molar-refractivity contribution >= 4 is 11.8 Å². The maximum absolute atomic E-state index is 5.78. The van der Waals surface area contributed by atoms with Crippen molar-refractivity contribution in [3.63, 3.8) is 0 Å². The lowest BCUT2D eigenvalue weighted by atomic mass is 10.0. The van der Waals surface area contributed by atoms with Crippen LogP contribution in [0.4, 0.5) is 0 Å². The molecule has 1 saturated heterocycles. The van der Waals surface area contributed by atoms with Crippen molar-refractivity contribution in [2.75, 3.05) is 25.4 Å². The highest BCUT2D eigenvalue weighted by atomic mass is 32.2. The van der Waals surface area contributed by atoms with Crippen molar-refractivity contribution in [1.82, 2.24) is 4.90 Å². The lowest BCUT2D eigenvalue weighted by Gasteiger charge is -2.42. The minimum absolute atomic E-state index is 0.189. The minimum atomic E-state index is 0.189. The molecule has 1 atom stereocenters. The molecule has 0 aromatic heterocycles. The second-order valence-corrected chi connectivity index (χ2v) is 5.77. The molecule has 0 aromatic carbocycles. The molecule has 1 heterocycles. The Bertz CT molecular complexity index is 159. The van der Waals surface area contributed by atoms with Crippen molar-refractivity contribution < 1.29 is 0 Å². The van der Waals surface area contributed by atoms with Gasteiger partial charge in [0.25, 0.3) is 0 Å². The summed E-state index contributed by atoms with van der Waals surface area (Å²) < 4.78 is 0. The molecule has 0 spiro atoms. The van der Waals surface area contributed by atoms with Crippen LogP contribution in [0.15, 0.2) is 0 Å². The Labute approximate surface area is 86.2 Å². The molecule has 2 N–H and O–H groups in total. The van der Waals surface area contributed by atoms with Gasteiger partial charge in [-0.25, -0.2) is 0 Å². The fourth-order valence-corrected chi connectivity index (χ4v) is 2.83. The molecule has 2 nitrogen and oxygen atoms in total. The van der Waals surface area contributed by atoms with Gasteiger partial charge in [0.1, 0.15) is 0 Å². The molecule has 0 amide bonds. The zero-order valence-electron chi connectivity index (χ0n) is 9.05. The van der Waals surface area contributed by atoms with E-state index in [0.717, 1.165) is 11.8 Å². The first-order valence-electron chi connectivity index (χ1n) is 5.17. The molecule has 13 heavy (non-hydrogen) atoms. The van der Waals surface area contributed by atoms with Crippen molar-refractivity contribution in [3.05, 3.63) is 0 Å². The van der Waals surface area contributed by atoms with Gasteiger partial charge < -0.3 is 5.73 Å². The summed E-state index contributed by atoms with van der Waals surface area (Å²) in [5.74, 6) is 1.27. The number of nitrogens with zero attached hydrogens (tertiary/aromatic N) is 1. The molecule has 3 heteroatoms. The van der Waals surface area contributed by atoms with Crippen LogP contribution in [0.2, 0.25) is 0 Å². The van der Waals surface area contributed by atoms with Crippen molar-refractivity contribution in [2.24, 2.45) is 5.73 Å². The number of nitrogens with two attached hydrogens (primary N) is 1. The first-order valence-corrected chi connectivity index (χ1v) is 6.21. The van der Waals surface area contributed by atoms with E-state index in [4.69, 9.17) is 5.73 Å². The van der Waals surface area contributed by atoms with Crippen molar-refractivity contribution in [2.45, 2.75) is 38.0 Å². The first kappa shape index (κ1) is 11.3. The molecule has 1 rings (SSSR count). The Balaban J connectivity index is 2.50. The summed E-state index contributed by atoms with van der Waals surface area (Å²) in [6.07, 6.45) is 1.28. The van der Waals surface area contributed by atoms with E-state index >= 15 is 0 Å². The molecule has 0 bridgehead atoms. The smallest absolute Gasteiger partial charge is 0.0276 e. The standard InChI is InChI=1S/C10H22N2S/c1-4-9-7-12(5-6-13-9)10(2,3)8-11/h9H,4-8,11H2,1-3H3. The quantitative estimate of drug-likeness (QED) is 0.753. The maximum atomic E-state index is 5.78. The largest absolute Gasteiger partial charge is 0.329 e. The SMILES string of the molecule is CCC1CN(C(C)(C)CN)CCS1. The monoisotopic (exact) mass is 202 g/mol. The fourth-order valence-electron chi connectivity index (χ4n) is 1.65. The molecular weight excluding hydrogens is 180 g/mol. The van der Waals surface area contributed by atoms with Gasteiger partial charge in [-0.3, -0.25) is 4.90 Å². The second kappa shape index (κ2) is 4.67. The van der Waals surface area contributed by atoms with E-state index in [1.165, 1.54) is 25.3 Å². The summed E-state index contributed by atoms with van der Waals surface area (Å²) in [6, 6.07) is 0. The highest BCUT2D eigenvalue weighted by molar-refractivity contribution is 8.00. The Morgan fingerprint density at radius 3 is 2.77 bits per heavy atom. The molecule has 1 aliphatic rings. The second-order valence-electron chi connectivity index (χ2n) is 4.36. The molecule has 0 saturated carbocycles. The summed E-state index contributed by atoms with van der Waals surface area (Å²) in [4.78, 5) is 2.54. The van der Waals surface area contributed by atoms with Crippen LogP contribution in [-0.2, 0) is 0 Å². The molecular formula is C10H22N2S. The number of thioether (sulfide) groups is 1. The van der Waals surface area contributed by atoms with Crippen molar-refractivity contribution in [1.29, 1.82) is 0 Å². The van der Waals surface area contributed by atoms with E-state index in [-0.39, 0.29) is 5.54 Å². The van der Waals surface area contributed by atoms with Crippen LogP contribution < -0.4 is 5.73 Å². The maximum Gasteiger partial charge on any atom is 0.0276 e. The average Bonchev–Trinajstić information content (AvgIpc) is 2.18. The van der Waals surface area contributed by atoms with Crippen molar-refractivity contribution in [3.8, 4) is 0 Å². The van der Waals surface area contributed by atoms with Crippen LogP contribution in [0, 0.1) is 0 Å². The predicted octanol–water partition coefficient (Wildman–Crippen LogP) is 1.55. The van der Waals surface area contributed by atoms with Gasteiger partial charge in [-0.15, -0.1) is 0 Å². The number of hydrogen-bond acceptors (Lipinski definition) is 3. The molecule has 1 unspecified atom stereocenters. The van der Waals surface area contributed by atoms with Crippen LogP contribution in [-0.4, -0.2) is 41.1 Å². The number of hydrogen-bond donors (Lipinski definition) is 1. The normalized spacial score (nSPS) is 26.3. The van der Waals surface area contributed by atoms with Crippen LogP contribution in [0.1, 0.15) is 27.2 Å². The summed E-state index contributed by atoms with van der Waals surface area (Å²) in [7, 11) is 0. The molecule has 0 aliphatic carbocycles. The Hall–Kier alpha value is 0.270. The molecule has 1 fully saturated rings. The van der Waals surface area contributed by atoms with Gasteiger partial charge in [0.05, 0.1) is 0 Å². The van der Waals surface area contributed by atoms with Gasteiger partial charge in [-0.1, -0.05) is 6.92 Å². The third kappa shape index (κ3) is 2.86. The van der Waals surface area contributed by atoms with Gasteiger partial charge in [-0.2, -0.15) is 11.8 Å². The minimum Gasteiger partial charge on any atom is -0.329 e. The van der Waals surface area contributed by atoms with Crippen LogP contribution in [0.3, 0.4) is 0 Å². The summed E-state index contributed by atoms with van der Waals surface area (Å²) >= 11 is 2.11. The molecule has 0 aromatic rings. The van der Waals surface area contributed by atoms with Gasteiger partial charge >= 0.3 is 0 Å². The van der Waals surface area contributed by atoms with Gasteiger partial charge in [0.2, 0.25) is 0 Å². The molecule has 1 aliphatic heterocycles. The van der Waals surface area contributed by atoms with Crippen LogP contribution in [0.25, 0.3) is 0 Å². The zero-order valence-corrected chi connectivity index (χ0v) is 9.86. The zero-order chi connectivity index (χ0) is 9.90. The van der Waals surface area contributed by atoms with E-state index in [2.05, 4.69) is 37.4 Å². The predicted molar refractivity (Wildman–Crippen MR) is 61.2 cm³/mol. The van der Waals surface area contributed by atoms with Gasteiger partial charge in [0.15, 0.2) is 0 Å². The fraction of sp³-hybridized carbons (Fsp3) is 1.00. The lowest BCUT2D eigenvalue weighted by molar-refractivity contribution is 0.131. The Morgan fingerprint density at radius 2 is 2.23 bits per heavy atom. The summed E-state index contributed by atoms with van der Waals surface area (Å²) in [6.45, 7) is 9.94. The third-order valence-electron chi connectivity index (χ3n) is 2.95. The Morgan fingerprint density at radius 1 is 1.54 bits per heavy atom. The molecule has 0 radical (unpaired) electrons. The number of rotatable bonds is 3. The highest BCUT2D eigenvalue weighted by Gasteiger charge is 2.29. The first-order chi connectivity index (χ1) is 6.10.